The largest absolute Gasteiger partial charge is 0.497 e. The maximum Gasteiger partial charge on any atom is 0.268 e. The zero-order valence-corrected chi connectivity index (χ0v) is 14.8. The second-order valence-electron chi connectivity index (χ2n) is 6.27. The number of benzene rings is 1. The molecule has 0 aliphatic carbocycles. The third-order valence-corrected chi connectivity index (χ3v) is 4.43. The number of amides is 1. The number of carbonyl (C=O) groups is 1. The van der Waals surface area contributed by atoms with Gasteiger partial charge in [-0.15, -0.1) is 0 Å². The zero-order chi connectivity index (χ0) is 18.8. The molecule has 136 valence electrons. The molecule has 1 amide bonds. The second-order valence-corrected chi connectivity index (χ2v) is 6.27. The number of methoxy groups -OCH3 is 1. The number of hydrogen-bond donors (Lipinski definition) is 1. The number of ether oxygens (including phenoxy) is 1. The lowest BCUT2D eigenvalue weighted by molar-refractivity contribution is 0.0995. The van der Waals surface area contributed by atoms with Gasteiger partial charge in [0.15, 0.2) is 0 Å². The number of hydrogen-bond acceptors (Lipinski definition) is 7. The molecular weight excluding hydrogens is 344 g/mol. The highest BCUT2D eigenvalue weighted by molar-refractivity contribution is 5.90. The molecule has 1 aromatic carbocycles. The molecule has 8 nitrogen and oxygen atoms in total. The number of anilines is 1. The molecule has 0 fully saturated rings. The minimum atomic E-state index is -0.595. The van der Waals surface area contributed by atoms with E-state index in [2.05, 4.69) is 15.0 Å². The number of aromatic nitrogens is 4. The lowest BCUT2D eigenvalue weighted by Crippen LogP contribution is -2.20. The van der Waals surface area contributed by atoms with Gasteiger partial charge in [0, 0.05) is 24.7 Å². The van der Waals surface area contributed by atoms with Crippen molar-refractivity contribution in [3.05, 3.63) is 71.2 Å². The van der Waals surface area contributed by atoms with Gasteiger partial charge >= 0.3 is 0 Å². The van der Waals surface area contributed by atoms with Crippen LogP contribution in [0.4, 0.5) is 5.82 Å². The van der Waals surface area contributed by atoms with E-state index < -0.39 is 5.91 Å². The van der Waals surface area contributed by atoms with Crippen LogP contribution in [0.25, 0.3) is 0 Å². The SMILES string of the molecule is COc1ccc(Cc2ncc3c(n2)CN(c2cncc(C(N)=O)n2)C3)cc1. The minimum absolute atomic E-state index is 0.148. The molecule has 4 rings (SSSR count). The topological polar surface area (TPSA) is 107 Å². The highest BCUT2D eigenvalue weighted by Crippen LogP contribution is 2.25. The van der Waals surface area contributed by atoms with Crippen molar-refractivity contribution in [3.8, 4) is 5.75 Å². The van der Waals surface area contributed by atoms with Gasteiger partial charge in [-0.1, -0.05) is 12.1 Å². The molecule has 0 bridgehead atoms. The molecule has 3 heterocycles. The van der Waals surface area contributed by atoms with E-state index in [-0.39, 0.29) is 5.69 Å². The summed E-state index contributed by atoms with van der Waals surface area (Å²) in [6.45, 7) is 1.21. The number of primary amides is 1. The van der Waals surface area contributed by atoms with Crippen LogP contribution in [0.3, 0.4) is 0 Å². The number of nitrogens with two attached hydrogens (primary N) is 1. The maximum absolute atomic E-state index is 11.3. The van der Waals surface area contributed by atoms with Crippen LogP contribution < -0.4 is 15.4 Å². The van der Waals surface area contributed by atoms with Crippen LogP contribution in [0.5, 0.6) is 5.75 Å². The fraction of sp³-hybridized carbons (Fsp3) is 0.211. The van der Waals surface area contributed by atoms with Crippen LogP contribution >= 0.6 is 0 Å². The Morgan fingerprint density at radius 3 is 2.70 bits per heavy atom. The fourth-order valence-corrected chi connectivity index (χ4v) is 2.99. The molecule has 0 radical (unpaired) electrons. The van der Waals surface area contributed by atoms with Gasteiger partial charge in [0.1, 0.15) is 23.1 Å². The number of carbonyl (C=O) groups excluding carboxylic acids is 1. The summed E-state index contributed by atoms with van der Waals surface area (Å²) in [5.41, 5.74) is 8.55. The van der Waals surface area contributed by atoms with Crippen molar-refractivity contribution in [2.24, 2.45) is 5.73 Å². The molecule has 0 unspecified atom stereocenters. The average Bonchev–Trinajstić information content (AvgIpc) is 3.12. The minimum Gasteiger partial charge on any atom is -0.497 e. The van der Waals surface area contributed by atoms with Crippen LogP contribution in [0.15, 0.2) is 42.9 Å². The quantitative estimate of drug-likeness (QED) is 0.732. The Morgan fingerprint density at radius 2 is 1.96 bits per heavy atom. The van der Waals surface area contributed by atoms with E-state index in [1.807, 2.05) is 35.4 Å². The summed E-state index contributed by atoms with van der Waals surface area (Å²) in [4.78, 5) is 30.8. The summed E-state index contributed by atoms with van der Waals surface area (Å²) in [6, 6.07) is 7.86. The highest BCUT2D eigenvalue weighted by atomic mass is 16.5. The third-order valence-electron chi connectivity index (χ3n) is 4.43. The van der Waals surface area contributed by atoms with E-state index in [1.165, 1.54) is 6.20 Å². The first-order chi connectivity index (χ1) is 13.1. The van der Waals surface area contributed by atoms with Crippen molar-refractivity contribution in [3.63, 3.8) is 0 Å². The van der Waals surface area contributed by atoms with Gasteiger partial charge in [0.2, 0.25) is 0 Å². The number of rotatable bonds is 5. The van der Waals surface area contributed by atoms with Crippen molar-refractivity contribution in [2.75, 3.05) is 12.0 Å². The van der Waals surface area contributed by atoms with E-state index in [4.69, 9.17) is 15.5 Å². The Bertz CT molecular complexity index is 990. The van der Waals surface area contributed by atoms with Gasteiger partial charge in [0.05, 0.1) is 31.7 Å². The lowest BCUT2D eigenvalue weighted by Gasteiger charge is -2.15. The van der Waals surface area contributed by atoms with Crippen molar-refractivity contribution < 1.29 is 9.53 Å². The predicted octanol–water partition coefficient (Wildman–Crippen LogP) is 1.49. The first kappa shape index (κ1) is 16.9. The molecule has 3 aromatic rings. The smallest absolute Gasteiger partial charge is 0.268 e. The van der Waals surface area contributed by atoms with E-state index in [0.717, 1.165) is 28.4 Å². The van der Waals surface area contributed by atoms with Crippen LogP contribution in [-0.4, -0.2) is 33.0 Å². The summed E-state index contributed by atoms with van der Waals surface area (Å²) >= 11 is 0. The average molecular weight is 362 g/mol. The van der Waals surface area contributed by atoms with Gasteiger partial charge in [-0.05, 0) is 17.7 Å². The van der Waals surface area contributed by atoms with Gasteiger partial charge in [0.25, 0.3) is 5.91 Å². The monoisotopic (exact) mass is 362 g/mol. The molecule has 27 heavy (non-hydrogen) atoms. The first-order valence-corrected chi connectivity index (χ1v) is 8.46. The summed E-state index contributed by atoms with van der Waals surface area (Å²) in [7, 11) is 1.65. The van der Waals surface area contributed by atoms with Crippen LogP contribution in [0.2, 0.25) is 0 Å². The Morgan fingerprint density at radius 1 is 1.15 bits per heavy atom. The molecule has 1 aliphatic heterocycles. The highest BCUT2D eigenvalue weighted by Gasteiger charge is 2.23. The van der Waals surface area contributed by atoms with E-state index in [1.54, 1.807) is 13.3 Å². The van der Waals surface area contributed by atoms with Crippen molar-refractivity contribution >= 4 is 11.7 Å². The number of nitrogens with zero attached hydrogens (tertiary/aromatic N) is 5. The van der Waals surface area contributed by atoms with Gasteiger partial charge in [-0.3, -0.25) is 9.78 Å². The summed E-state index contributed by atoms with van der Waals surface area (Å²) in [5.74, 6) is 1.59. The number of fused-ring (bicyclic) bond motifs is 1. The standard InChI is InChI=1S/C19H18N6O2/c1-27-14-4-2-12(3-5-14)6-17-22-7-13-10-25(11-16(13)23-17)18-9-21-8-15(24-18)19(20)26/h2-5,7-9H,6,10-11H2,1H3,(H2,20,26). The summed E-state index contributed by atoms with van der Waals surface area (Å²) in [5, 5.41) is 0. The van der Waals surface area contributed by atoms with Crippen LogP contribution in [0.1, 0.15) is 33.1 Å². The lowest BCUT2D eigenvalue weighted by atomic mass is 10.1. The Balaban J connectivity index is 1.51. The van der Waals surface area contributed by atoms with E-state index >= 15 is 0 Å². The van der Waals surface area contributed by atoms with Gasteiger partial charge in [-0.2, -0.15) is 0 Å². The molecule has 2 aromatic heterocycles. The molecular formula is C19H18N6O2. The first-order valence-electron chi connectivity index (χ1n) is 8.46. The van der Waals surface area contributed by atoms with Crippen LogP contribution in [0, 0.1) is 0 Å². The Kier molecular flexibility index (Phi) is 4.37. The van der Waals surface area contributed by atoms with Crippen LogP contribution in [-0.2, 0) is 19.5 Å². The fourth-order valence-electron chi connectivity index (χ4n) is 2.99. The summed E-state index contributed by atoms with van der Waals surface area (Å²) < 4.78 is 5.18. The van der Waals surface area contributed by atoms with Crippen molar-refractivity contribution in [2.45, 2.75) is 19.5 Å². The van der Waals surface area contributed by atoms with Crippen molar-refractivity contribution in [1.82, 2.24) is 19.9 Å². The van der Waals surface area contributed by atoms with E-state index in [0.29, 0.717) is 25.3 Å². The van der Waals surface area contributed by atoms with Gasteiger partial charge in [-0.25, -0.2) is 15.0 Å². The Hall–Kier alpha value is -3.55. The summed E-state index contributed by atoms with van der Waals surface area (Å²) in [6.07, 6.45) is 5.48. The zero-order valence-electron chi connectivity index (χ0n) is 14.8. The maximum atomic E-state index is 11.3. The normalized spacial score (nSPS) is 12.7. The molecule has 0 saturated heterocycles. The van der Waals surface area contributed by atoms with Crippen molar-refractivity contribution in [1.29, 1.82) is 0 Å². The van der Waals surface area contributed by atoms with Gasteiger partial charge < -0.3 is 15.4 Å². The molecule has 1 aliphatic rings. The molecule has 8 heteroatoms. The Labute approximate surface area is 156 Å². The third kappa shape index (κ3) is 3.55. The predicted molar refractivity (Wildman–Crippen MR) is 98.3 cm³/mol. The second kappa shape index (κ2) is 6.99. The molecule has 0 atom stereocenters. The van der Waals surface area contributed by atoms with E-state index in [9.17, 15) is 4.79 Å². The molecule has 0 spiro atoms. The molecule has 2 N–H and O–H groups in total. The molecule has 0 saturated carbocycles.